The molecule has 2 unspecified atom stereocenters. The minimum Gasteiger partial charge on any atom is -0.593 e. The second-order valence-corrected chi connectivity index (χ2v) is 9.30. The highest BCUT2D eigenvalue weighted by Gasteiger charge is 2.43. The third-order valence-electron chi connectivity index (χ3n) is 5.29. The number of hydrogen-bond acceptors (Lipinski definition) is 5. The topological polar surface area (TPSA) is 96.5 Å². The van der Waals surface area contributed by atoms with E-state index in [0.29, 0.717) is 17.1 Å². The molecule has 148 valence electrons. The highest BCUT2D eigenvalue weighted by Crippen LogP contribution is 2.34. The van der Waals surface area contributed by atoms with E-state index in [1.165, 1.54) is 6.92 Å². The van der Waals surface area contributed by atoms with Crippen LogP contribution in [-0.4, -0.2) is 40.5 Å². The number of sulfonamides is 1. The van der Waals surface area contributed by atoms with E-state index in [1.807, 2.05) is 36.4 Å². The van der Waals surface area contributed by atoms with E-state index in [1.54, 1.807) is 12.1 Å². The molecule has 2 heterocycles. The van der Waals surface area contributed by atoms with E-state index in [9.17, 15) is 13.6 Å². The summed E-state index contributed by atoms with van der Waals surface area (Å²) >= 11 is 0. The monoisotopic (exact) mass is 400 g/mol. The largest absolute Gasteiger partial charge is 0.593 e. The number of hydrogen-bond donors (Lipinski definition) is 3. The van der Waals surface area contributed by atoms with Crippen molar-refractivity contribution in [2.45, 2.75) is 30.3 Å². The maximum Gasteiger partial charge on any atom is 0.221 e. The summed E-state index contributed by atoms with van der Waals surface area (Å²) in [6.45, 7) is 4.26. The average molecular weight is 401 g/mol. The summed E-state index contributed by atoms with van der Waals surface area (Å²) in [4.78, 5) is 13.8. The standard InChI is InChI=1S/C20H24N4O3S/c1-15(25)22-17-8-6-16(7-9-17)12-24-11-10-20(14-24)13-21-28(26,27)19-5-3-2-4-18(19)23-20/h2-9H,10-14H2,1H3,(H3-,21,22,23,25,26,27). The molecular weight excluding hydrogens is 376 g/mol. The first kappa shape index (κ1) is 19.1. The second kappa shape index (κ2) is 7.29. The summed E-state index contributed by atoms with van der Waals surface area (Å²) in [6.07, 6.45) is 0.855. The number of carbonyl (C=O) groups excluding carboxylic acids is 1. The van der Waals surface area contributed by atoms with Crippen LogP contribution in [0.1, 0.15) is 18.9 Å². The van der Waals surface area contributed by atoms with Crippen LogP contribution in [0.25, 0.3) is 0 Å². The van der Waals surface area contributed by atoms with Crippen LogP contribution in [0.3, 0.4) is 0 Å². The van der Waals surface area contributed by atoms with Gasteiger partial charge in [0.15, 0.2) is 15.3 Å². The van der Waals surface area contributed by atoms with E-state index in [4.69, 9.17) is 0 Å². The number of likely N-dealkylation sites (tertiary alicyclic amines) is 1. The third-order valence-corrected chi connectivity index (χ3v) is 6.75. The second-order valence-electron chi connectivity index (χ2n) is 7.56. The van der Waals surface area contributed by atoms with Gasteiger partial charge in [-0.1, -0.05) is 28.5 Å². The molecule has 2 aromatic rings. The number of amides is 1. The average Bonchev–Trinajstić information content (AvgIpc) is 3.00. The van der Waals surface area contributed by atoms with E-state index in [-0.39, 0.29) is 11.4 Å². The predicted octanol–water partition coefficient (Wildman–Crippen LogP) is 2.21. The van der Waals surface area contributed by atoms with Crippen molar-refractivity contribution < 1.29 is 13.6 Å². The van der Waals surface area contributed by atoms with Gasteiger partial charge in [0.1, 0.15) is 0 Å². The van der Waals surface area contributed by atoms with Crippen LogP contribution in [-0.2, 0) is 25.9 Å². The lowest BCUT2D eigenvalue weighted by Gasteiger charge is -2.29. The lowest BCUT2D eigenvalue weighted by Crippen LogP contribution is -2.49. The zero-order chi connectivity index (χ0) is 19.8. The van der Waals surface area contributed by atoms with Crippen LogP contribution in [0.4, 0.5) is 11.4 Å². The van der Waals surface area contributed by atoms with E-state index >= 15 is 0 Å². The van der Waals surface area contributed by atoms with E-state index in [0.717, 1.165) is 37.3 Å². The van der Waals surface area contributed by atoms with Crippen molar-refractivity contribution in [3.63, 3.8) is 0 Å². The Morgan fingerprint density at radius 3 is 2.75 bits per heavy atom. The SMILES string of the molecule is CC(=O)Nc1ccc(CN2CCC3(CN[S+](=O)([O-])c4ccccc4N3)C2)cc1. The molecule has 1 spiro atoms. The van der Waals surface area contributed by atoms with Crippen LogP contribution in [0, 0.1) is 0 Å². The number of carbonyl (C=O) groups is 1. The minimum atomic E-state index is -3.50. The molecule has 0 radical (unpaired) electrons. The molecule has 0 aromatic heterocycles. The molecule has 1 saturated heterocycles. The van der Waals surface area contributed by atoms with Crippen molar-refractivity contribution in [2.75, 3.05) is 30.3 Å². The Morgan fingerprint density at radius 2 is 2.00 bits per heavy atom. The number of nitrogens with one attached hydrogen (secondary N) is 3. The molecule has 1 amide bonds. The molecule has 1 fully saturated rings. The number of rotatable bonds is 3. The highest BCUT2D eigenvalue weighted by atomic mass is 32.3. The first-order valence-electron chi connectivity index (χ1n) is 9.31. The van der Waals surface area contributed by atoms with Gasteiger partial charge in [0.25, 0.3) is 0 Å². The molecule has 2 aromatic carbocycles. The lowest BCUT2D eigenvalue weighted by molar-refractivity contribution is -0.114. The summed E-state index contributed by atoms with van der Waals surface area (Å²) in [5.41, 5.74) is 2.27. The van der Waals surface area contributed by atoms with Gasteiger partial charge in [0.05, 0.1) is 17.8 Å². The Bertz CT molecular complexity index is 933. The number of benzene rings is 2. The van der Waals surface area contributed by atoms with Crippen LogP contribution in [0.15, 0.2) is 53.4 Å². The van der Waals surface area contributed by atoms with Gasteiger partial charge in [-0.15, -0.1) is 4.72 Å². The van der Waals surface area contributed by atoms with Crippen molar-refractivity contribution in [3.8, 4) is 0 Å². The van der Waals surface area contributed by atoms with Crippen LogP contribution >= 0.6 is 0 Å². The number of nitrogens with zero attached hydrogens (tertiary/aromatic N) is 1. The Balaban J connectivity index is 1.46. The molecule has 0 saturated carbocycles. The van der Waals surface area contributed by atoms with Crippen molar-refractivity contribution in [3.05, 3.63) is 54.1 Å². The van der Waals surface area contributed by atoms with Crippen LogP contribution in [0.5, 0.6) is 0 Å². The summed E-state index contributed by atoms with van der Waals surface area (Å²) in [5.74, 6) is -0.0867. The first-order chi connectivity index (χ1) is 13.4. The normalized spacial score (nSPS) is 27.1. The van der Waals surface area contributed by atoms with Crippen LogP contribution in [0.2, 0.25) is 0 Å². The molecule has 2 aliphatic heterocycles. The van der Waals surface area contributed by atoms with Gasteiger partial charge in [-0.05, 0) is 36.2 Å². The van der Waals surface area contributed by atoms with Gasteiger partial charge in [0.2, 0.25) is 5.91 Å². The Kier molecular flexibility index (Phi) is 4.96. The smallest absolute Gasteiger partial charge is 0.221 e. The first-order valence-corrected chi connectivity index (χ1v) is 10.8. The summed E-state index contributed by atoms with van der Waals surface area (Å²) < 4.78 is 27.8. The van der Waals surface area contributed by atoms with Crippen molar-refractivity contribution in [2.24, 2.45) is 0 Å². The molecule has 2 aliphatic rings. The molecule has 3 N–H and O–H groups in total. The summed E-state index contributed by atoms with van der Waals surface area (Å²) in [6, 6.07) is 14.9. The maximum atomic E-state index is 12.5. The zero-order valence-electron chi connectivity index (χ0n) is 15.7. The quantitative estimate of drug-likeness (QED) is 0.687. The van der Waals surface area contributed by atoms with Crippen molar-refractivity contribution >= 4 is 27.7 Å². The summed E-state index contributed by atoms with van der Waals surface area (Å²) in [5, 5.41) is 6.27. The van der Waals surface area contributed by atoms with Crippen LogP contribution < -0.4 is 15.4 Å². The Hall–Kier alpha value is -2.26. The lowest BCUT2D eigenvalue weighted by atomic mass is 9.98. The zero-order valence-corrected chi connectivity index (χ0v) is 16.6. The Labute approximate surface area is 165 Å². The predicted molar refractivity (Wildman–Crippen MR) is 109 cm³/mol. The Morgan fingerprint density at radius 1 is 1.25 bits per heavy atom. The van der Waals surface area contributed by atoms with Crippen molar-refractivity contribution in [1.29, 1.82) is 0 Å². The van der Waals surface area contributed by atoms with Crippen molar-refractivity contribution in [1.82, 2.24) is 9.62 Å². The number of fused-ring (bicyclic) bond motifs is 1. The number of para-hydroxylation sites is 1. The third kappa shape index (κ3) is 3.95. The number of anilines is 2. The van der Waals surface area contributed by atoms with Gasteiger partial charge in [-0.2, -0.15) is 0 Å². The fourth-order valence-corrected chi connectivity index (χ4v) is 5.23. The summed E-state index contributed by atoms with van der Waals surface area (Å²) in [7, 11) is -3.50. The molecule has 28 heavy (non-hydrogen) atoms. The molecule has 7 nitrogen and oxygen atoms in total. The molecule has 0 aliphatic carbocycles. The van der Waals surface area contributed by atoms with Gasteiger partial charge in [0, 0.05) is 32.2 Å². The van der Waals surface area contributed by atoms with Gasteiger partial charge < -0.3 is 15.2 Å². The molecule has 2 atom stereocenters. The maximum absolute atomic E-state index is 12.5. The fourth-order valence-electron chi connectivity index (χ4n) is 3.94. The van der Waals surface area contributed by atoms with Gasteiger partial charge >= 0.3 is 0 Å². The molecular formula is C20H24N4O3S. The van der Waals surface area contributed by atoms with Gasteiger partial charge in [-0.3, -0.25) is 9.69 Å². The van der Waals surface area contributed by atoms with E-state index < -0.39 is 10.4 Å². The van der Waals surface area contributed by atoms with Gasteiger partial charge in [-0.25, -0.2) is 0 Å². The van der Waals surface area contributed by atoms with E-state index in [2.05, 4.69) is 20.3 Å². The molecule has 8 heteroatoms. The molecule has 4 rings (SSSR count). The minimum absolute atomic E-state index is 0.0867. The fraction of sp³-hybridized carbons (Fsp3) is 0.350. The molecule has 0 bridgehead atoms. The highest BCUT2D eigenvalue weighted by molar-refractivity contribution is 7.96.